The number of rotatable bonds is 2. The van der Waals surface area contributed by atoms with Crippen LogP contribution in [0, 0.1) is 0 Å². The Kier molecular flexibility index (Phi) is 3.50. The molecule has 1 rings (SSSR count). The van der Waals surface area contributed by atoms with Gasteiger partial charge in [-0.05, 0) is 17.7 Å². The molecule has 1 aromatic rings. The van der Waals surface area contributed by atoms with E-state index in [1.165, 1.54) is 0 Å². The van der Waals surface area contributed by atoms with Gasteiger partial charge in [0.2, 0.25) is 0 Å². The molecule has 0 aromatic heterocycles. The Hall–Kier alpha value is 0.0900. The maximum Gasteiger partial charge on any atom is 0.111 e. The maximum absolute atomic E-state index is 5.74. The smallest absolute Gasteiger partial charge is 0.105 e. The quantitative estimate of drug-likeness (QED) is 0.652. The van der Waals surface area contributed by atoms with Crippen molar-refractivity contribution in [3.63, 3.8) is 0 Å². The van der Waals surface area contributed by atoms with Crippen LogP contribution in [-0.2, 0) is 6.42 Å². The van der Waals surface area contributed by atoms with Gasteiger partial charge in [-0.3, -0.25) is 0 Å². The fourth-order valence-corrected chi connectivity index (χ4v) is 1.41. The molecule has 0 aliphatic heterocycles. The molecule has 0 radical (unpaired) electrons. The molecule has 0 amide bonds. The topological polar surface area (TPSA) is 0 Å². The molecule has 0 nitrogen and oxygen atoms in total. The van der Waals surface area contributed by atoms with Crippen LogP contribution >= 0.6 is 34.8 Å². The lowest BCUT2D eigenvalue weighted by atomic mass is 10.2. The van der Waals surface area contributed by atoms with Crippen LogP contribution in [0.15, 0.2) is 24.3 Å². The average Bonchev–Trinajstić information content (AvgIpc) is 1.85. The molecule has 0 bridgehead atoms. The van der Waals surface area contributed by atoms with Gasteiger partial charge in [0.05, 0.1) is 0 Å². The highest BCUT2D eigenvalue weighted by Gasteiger charge is 2.00. The van der Waals surface area contributed by atoms with Crippen molar-refractivity contribution in [2.24, 2.45) is 0 Å². The van der Waals surface area contributed by atoms with E-state index in [2.05, 4.69) is 0 Å². The Labute approximate surface area is 81.1 Å². The van der Waals surface area contributed by atoms with E-state index in [1.807, 2.05) is 24.3 Å². The van der Waals surface area contributed by atoms with Crippen molar-refractivity contribution >= 4 is 34.8 Å². The van der Waals surface area contributed by atoms with E-state index in [0.29, 0.717) is 6.42 Å². The third kappa shape index (κ3) is 3.33. The number of halogens is 3. The molecule has 0 spiro atoms. The Balaban J connectivity index is 2.71. The largest absolute Gasteiger partial charge is 0.111 e. The molecule has 0 unspecified atom stereocenters. The third-order valence-corrected chi connectivity index (χ3v) is 1.82. The van der Waals surface area contributed by atoms with E-state index in [1.54, 1.807) is 0 Å². The molecule has 3 heteroatoms. The summed E-state index contributed by atoms with van der Waals surface area (Å²) in [6.45, 7) is 0. The Bertz CT molecular complexity index is 233. The van der Waals surface area contributed by atoms with Gasteiger partial charge >= 0.3 is 0 Å². The van der Waals surface area contributed by atoms with Gasteiger partial charge in [0, 0.05) is 11.4 Å². The number of benzene rings is 1. The van der Waals surface area contributed by atoms with Crippen molar-refractivity contribution in [3.8, 4) is 0 Å². The minimum Gasteiger partial charge on any atom is -0.105 e. The number of hydrogen-bond donors (Lipinski definition) is 0. The molecule has 1 aromatic carbocycles. The van der Waals surface area contributed by atoms with Crippen molar-refractivity contribution in [1.82, 2.24) is 0 Å². The van der Waals surface area contributed by atoms with E-state index < -0.39 is 0 Å². The zero-order chi connectivity index (χ0) is 8.27. The lowest BCUT2D eigenvalue weighted by Gasteiger charge is -2.00. The Morgan fingerprint density at radius 3 is 2.55 bits per heavy atom. The second-order valence-corrected chi connectivity index (χ2v) is 3.94. The van der Waals surface area contributed by atoms with Gasteiger partial charge in [-0.25, -0.2) is 0 Å². The molecule has 0 N–H and O–H groups in total. The summed E-state index contributed by atoms with van der Waals surface area (Å²) in [6, 6.07) is 7.51. The number of alkyl halides is 2. The molecule has 0 aliphatic carbocycles. The standard InChI is InChI=1S/C8H7Cl3/c9-7-3-1-2-6(4-7)5-8(10)11/h1-4,8H,5H2. The molecule has 0 atom stereocenters. The Morgan fingerprint density at radius 1 is 1.27 bits per heavy atom. The molecular weight excluding hydrogens is 202 g/mol. The van der Waals surface area contributed by atoms with Gasteiger partial charge in [0.15, 0.2) is 0 Å². The van der Waals surface area contributed by atoms with Crippen LogP contribution in [0.2, 0.25) is 5.02 Å². The summed E-state index contributed by atoms with van der Waals surface area (Å²) in [5, 5.41) is 0.719. The van der Waals surface area contributed by atoms with E-state index in [0.717, 1.165) is 10.6 Å². The first kappa shape index (κ1) is 9.18. The lowest BCUT2D eigenvalue weighted by molar-refractivity contribution is 1.09. The highest BCUT2D eigenvalue weighted by Crippen LogP contribution is 2.15. The van der Waals surface area contributed by atoms with Crippen LogP contribution in [0.4, 0.5) is 0 Å². The van der Waals surface area contributed by atoms with Gasteiger partial charge in [0.25, 0.3) is 0 Å². The van der Waals surface area contributed by atoms with Crippen LogP contribution in [0.3, 0.4) is 0 Å². The summed E-state index contributed by atoms with van der Waals surface area (Å²) in [4.78, 5) is -0.353. The van der Waals surface area contributed by atoms with E-state index in [4.69, 9.17) is 34.8 Å². The molecule has 0 saturated heterocycles. The summed E-state index contributed by atoms with van der Waals surface area (Å²) in [5.74, 6) is 0. The van der Waals surface area contributed by atoms with E-state index in [9.17, 15) is 0 Å². The van der Waals surface area contributed by atoms with Crippen molar-refractivity contribution in [2.45, 2.75) is 11.3 Å². The molecular formula is C8H7Cl3. The number of hydrogen-bond acceptors (Lipinski definition) is 0. The zero-order valence-electron chi connectivity index (χ0n) is 5.73. The summed E-state index contributed by atoms with van der Waals surface area (Å²) < 4.78 is 0. The zero-order valence-corrected chi connectivity index (χ0v) is 8.00. The average molecular weight is 210 g/mol. The molecule has 0 fully saturated rings. The second-order valence-electron chi connectivity index (χ2n) is 2.23. The normalized spacial score (nSPS) is 10.5. The van der Waals surface area contributed by atoms with Crippen LogP contribution in [0.5, 0.6) is 0 Å². The maximum atomic E-state index is 5.74. The van der Waals surface area contributed by atoms with Crippen LogP contribution in [-0.4, -0.2) is 4.84 Å². The molecule has 11 heavy (non-hydrogen) atoms. The summed E-state index contributed by atoms with van der Waals surface area (Å²) in [7, 11) is 0. The third-order valence-electron chi connectivity index (χ3n) is 1.28. The van der Waals surface area contributed by atoms with Crippen molar-refractivity contribution in [2.75, 3.05) is 0 Å². The van der Waals surface area contributed by atoms with Crippen molar-refractivity contribution in [3.05, 3.63) is 34.9 Å². The fraction of sp³-hybridized carbons (Fsp3) is 0.250. The predicted octanol–water partition coefficient (Wildman–Crippen LogP) is 3.69. The van der Waals surface area contributed by atoms with E-state index >= 15 is 0 Å². The predicted molar refractivity (Wildman–Crippen MR) is 50.7 cm³/mol. The van der Waals surface area contributed by atoms with Gasteiger partial charge in [0.1, 0.15) is 4.84 Å². The first-order chi connectivity index (χ1) is 5.18. The lowest BCUT2D eigenvalue weighted by Crippen LogP contribution is -1.92. The van der Waals surface area contributed by atoms with Crippen LogP contribution in [0.25, 0.3) is 0 Å². The minimum atomic E-state index is -0.353. The van der Waals surface area contributed by atoms with Crippen LogP contribution in [0.1, 0.15) is 5.56 Å². The second kappa shape index (κ2) is 4.20. The minimum absolute atomic E-state index is 0.353. The van der Waals surface area contributed by atoms with E-state index in [-0.39, 0.29) is 4.84 Å². The fourth-order valence-electron chi connectivity index (χ4n) is 0.842. The van der Waals surface area contributed by atoms with Gasteiger partial charge in [-0.15, -0.1) is 23.2 Å². The molecule has 60 valence electrons. The van der Waals surface area contributed by atoms with Gasteiger partial charge < -0.3 is 0 Å². The van der Waals surface area contributed by atoms with Crippen molar-refractivity contribution < 1.29 is 0 Å². The first-order valence-electron chi connectivity index (χ1n) is 3.21. The summed E-state index contributed by atoms with van der Waals surface area (Å²) in [6.07, 6.45) is 0.643. The summed E-state index contributed by atoms with van der Waals surface area (Å²) >= 11 is 16.9. The van der Waals surface area contributed by atoms with Crippen molar-refractivity contribution in [1.29, 1.82) is 0 Å². The summed E-state index contributed by atoms with van der Waals surface area (Å²) in [5.41, 5.74) is 1.06. The Morgan fingerprint density at radius 2 is 2.00 bits per heavy atom. The molecule has 0 saturated carbocycles. The molecule has 0 heterocycles. The first-order valence-corrected chi connectivity index (χ1v) is 4.46. The van der Waals surface area contributed by atoms with Gasteiger partial charge in [-0.2, -0.15) is 0 Å². The molecule has 0 aliphatic rings. The van der Waals surface area contributed by atoms with Gasteiger partial charge in [-0.1, -0.05) is 23.7 Å². The monoisotopic (exact) mass is 208 g/mol. The van der Waals surface area contributed by atoms with Crippen LogP contribution < -0.4 is 0 Å². The highest BCUT2D eigenvalue weighted by molar-refractivity contribution is 6.44. The SMILES string of the molecule is Clc1cccc(CC(Cl)Cl)c1. The highest BCUT2D eigenvalue weighted by atomic mass is 35.5.